The fraction of sp³-hybridized carbons (Fsp3) is 0.583. The molecule has 1 N–H and O–H groups in total. The number of pyridine rings is 1. The third kappa shape index (κ3) is 2.55. The van der Waals surface area contributed by atoms with Gasteiger partial charge in [-0.25, -0.2) is 0 Å². The lowest BCUT2D eigenvalue weighted by Crippen LogP contribution is -2.24. The van der Waals surface area contributed by atoms with E-state index in [-0.39, 0.29) is 0 Å². The van der Waals surface area contributed by atoms with Crippen LogP contribution in [0.1, 0.15) is 38.3 Å². The minimum Gasteiger partial charge on any atom is -0.313 e. The number of hydrogen-bond donors (Lipinski definition) is 1. The minimum atomic E-state index is 0.443. The first-order valence-corrected chi connectivity index (χ1v) is 5.40. The van der Waals surface area contributed by atoms with Gasteiger partial charge >= 0.3 is 0 Å². The van der Waals surface area contributed by atoms with Crippen molar-refractivity contribution in [3.8, 4) is 0 Å². The van der Waals surface area contributed by atoms with Crippen molar-refractivity contribution >= 4 is 0 Å². The van der Waals surface area contributed by atoms with Gasteiger partial charge in [0.25, 0.3) is 0 Å². The monoisotopic (exact) mass is 192 g/mol. The van der Waals surface area contributed by atoms with Crippen LogP contribution in [0.5, 0.6) is 0 Å². The highest BCUT2D eigenvalue weighted by molar-refractivity contribution is 5.14. The number of aromatic nitrogens is 1. The molecule has 1 aromatic heterocycles. The van der Waals surface area contributed by atoms with Gasteiger partial charge in [-0.05, 0) is 24.6 Å². The van der Waals surface area contributed by atoms with Crippen LogP contribution in [0.3, 0.4) is 0 Å². The molecule has 1 rings (SSSR count). The van der Waals surface area contributed by atoms with Crippen LogP contribution >= 0.6 is 0 Å². The van der Waals surface area contributed by atoms with Gasteiger partial charge in [-0.15, -0.1) is 0 Å². The zero-order valence-electron chi connectivity index (χ0n) is 9.33. The Morgan fingerprint density at radius 3 is 2.50 bits per heavy atom. The van der Waals surface area contributed by atoms with Gasteiger partial charge in [0, 0.05) is 18.4 Å². The zero-order chi connectivity index (χ0) is 10.4. The third-order valence-corrected chi connectivity index (χ3v) is 2.87. The molecule has 0 saturated carbocycles. The van der Waals surface area contributed by atoms with Crippen LogP contribution in [0.2, 0.25) is 0 Å². The summed E-state index contributed by atoms with van der Waals surface area (Å²) in [7, 11) is 2.02. The van der Waals surface area contributed by atoms with Crippen LogP contribution in [-0.4, -0.2) is 12.0 Å². The van der Waals surface area contributed by atoms with Crippen molar-refractivity contribution in [2.75, 3.05) is 7.05 Å². The predicted molar refractivity (Wildman–Crippen MR) is 60.1 cm³/mol. The van der Waals surface area contributed by atoms with Crippen molar-refractivity contribution < 1.29 is 0 Å². The quantitative estimate of drug-likeness (QED) is 0.776. The second-order valence-corrected chi connectivity index (χ2v) is 3.63. The first-order chi connectivity index (χ1) is 6.83. The van der Waals surface area contributed by atoms with Crippen LogP contribution in [0, 0.1) is 5.92 Å². The molecule has 0 aliphatic heterocycles. The van der Waals surface area contributed by atoms with Gasteiger partial charge in [0.1, 0.15) is 0 Å². The lowest BCUT2D eigenvalue weighted by molar-refractivity contribution is 0.359. The SMILES string of the molecule is CCC(CC)C(NC)c1cccnc1. The smallest absolute Gasteiger partial charge is 0.0361 e. The molecule has 0 bridgehead atoms. The van der Waals surface area contributed by atoms with Gasteiger partial charge in [-0.1, -0.05) is 32.8 Å². The van der Waals surface area contributed by atoms with E-state index in [9.17, 15) is 0 Å². The number of hydrogen-bond acceptors (Lipinski definition) is 2. The molecule has 0 radical (unpaired) electrons. The summed E-state index contributed by atoms with van der Waals surface area (Å²) < 4.78 is 0. The molecule has 78 valence electrons. The standard InChI is InChI=1S/C12H20N2/c1-4-10(5-2)12(13-3)11-7-6-8-14-9-11/h6-10,12-13H,4-5H2,1-3H3. The maximum absolute atomic E-state index is 4.16. The van der Waals surface area contributed by atoms with E-state index < -0.39 is 0 Å². The molecule has 1 heterocycles. The summed E-state index contributed by atoms with van der Waals surface area (Å²) in [6.07, 6.45) is 6.19. The Morgan fingerprint density at radius 2 is 2.07 bits per heavy atom. The van der Waals surface area contributed by atoms with Gasteiger partial charge < -0.3 is 5.32 Å². The van der Waals surface area contributed by atoms with Crippen LogP contribution in [-0.2, 0) is 0 Å². The van der Waals surface area contributed by atoms with E-state index in [1.165, 1.54) is 18.4 Å². The predicted octanol–water partition coefficient (Wildman–Crippen LogP) is 2.78. The molecule has 2 heteroatoms. The normalized spacial score (nSPS) is 13.1. The fourth-order valence-electron chi connectivity index (χ4n) is 1.99. The highest BCUT2D eigenvalue weighted by Crippen LogP contribution is 2.25. The molecule has 0 aliphatic rings. The van der Waals surface area contributed by atoms with Gasteiger partial charge in [0.05, 0.1) is 0 Å². The molecule has 1 aromatic rings. The van der Waals surface area contributed by atoms with Crippen LogP contribution in [0.15, 0.2) is 24.5 Å². The van der Waals surface area contributed by atoms with E-state index in [4.69, 9.17) is 0 Å². The van der Waals surface area contributed by atoms with E-state index in [2.05, 4.69) is 30.2 Å². The minimum absolute atomic E-state index is 0.443. The number of rotatable bonds is 5. The maximum Gasteiger partial charge on any atom is 0.0361 e. The van der Waals surface area contributed by atoms with Crippen molar-refractivity contribution in [2.45, 2.75) is 32.7 Å². The van der Waals surface area contributed by atoms with E-state index in [1.807, 2.05) is 25.5 Å². The summed E-state index contributed by atoms with van der Waals surface area (Å²) in [6.45, 7) is 4.49. The van der Waals surface area contributed by atoms with Gasteiger partial charge in [0.2, 0.25) is 0 Å². The summed E-state index contributed by atoms with van der Waals surface area (Å²) in [6, 6.07) is 4.59. The topological polar surface area (TPSA) is 24.9 Å². The van der Waals surface area contributed by atoms with Gasteiger partial charge in [0.15, 0.2) is 0 Å². The fourth-order valence-corrected chi connectivity index (χ4v) is 1.99. The van der Waals surface area contributed by atoms with Crippen molar-refractivity contribution in [1.29, 1.82) is 0 Å². The molecule has 0 fully saturated rings. The molecule has 0 spiro atoms. The van der Waals surface area contributed by atoms with E-state index in [0.29, 0.717) is 12.0 Å². The summed E-state index contributed by atoms with van der Waals surface area (Å²) in [5, 5.41) is 3.38. The molecule has 0 aromatic carbocycles. The second kappa shape index (κ2) is 5.76. The average molecular weight is 192 g/mol. The Hall–Kier alpha value is -0.890. The van der Waals surface area contributed by atoms with Crippen molar-refractivity contribution in [3.05, 3.63) is 30.1 Å². The van der Waals surface area contributed by atoms with Gasteiger partial charge in [-0.3, -0.25) is 4.98 Å². The van der Waals surface area contributed by atoms with Gasteiger partial charge in [-0.2, -0.15) is 0 Å². The molecule has 2 nitrogen and oxygen atoms in total. The lowest BCUT2D eigenvalue weighted by Gasteiger charge is -2.24. The number of nitrogens with zero attached hydrogens (tertiary/aromatic N) is 1. The Balaban J connectivity index is 2.81. The number of nitrogens with one attached hydrogen (secondary N) is 1. The molecular formula is C12H20N2. The molecule has 0 saturated heterocycles. The summed E-state index contributed by atoms with van der Waals surface area (Å²) in [5.74, 6) is 0.698. The van der Waals surface area contributed by atoms with Crippen LogP contribution in [0.4, 0.5) is 0 Å². The van der Waals surface area contributed by atoms with Crippen molar-refractivity contribution in [3.63, 3.8) is 0 Å². The summed E-state index contributed by atoms with van der Waals surface area (Å²) in [5.41, 5.74) is 1.30. The maximum atomic E-state index is 4.16. The van der Waals surface area contributed by atoms with E-state index in [0.717, 1.165) is 0 Å². The molecule has 14 heavy (non-hydrogen) atoms. The molecule has 0 amide bonds. The Labute approximate surface area is 86.8 Å². The second-order valence-electron chi connectivity index (χ2n) is 3.63. The Morgan fingerprint density at radius 1 is 1.36 bits per heavy atom. The summed E-state index contributed by atoms with van der Waals surface area (Å²) >= 11 is 0. The molecule has 1 unspecified atom stereocenters. The Bertz CT molecular complexity index is 242. The average Bonchev–Trinajstić information content (AvgIpc) is 2.27. The van der Waals surface area contributed by atoms with Crippen molar-refractivity contribution in [2.24, 2.45) is 5.92 Å². The highest BCUT2D eigenvalue weighted by atomic mass is 14.9. The van der Waals surface area contributed by atoms with Crippen LogP contribution in [0.25, 0.3) is 0 Å². The first-order valence-electron chi connectivity index (χ1n) is 5.40. The lowest BCUT2D eigenvalue weighted by atomic mass is 9.90. The highest BCUT2D eigenvalue weighted by Gasteiger charge is 2.18. The summed E-state index contributed by atoms with van der Waals surface area (Å²) in [4.78, 5) is 4.16. The first kappa shape index (κ1) is 11.2. The largest absolute Gasteiger partial charge is 0.313 e. The van der Waals surface area contributed by atoms with Crippen molar-refractivity contribution in [1.82, 2.24) is 10.3 Å². The third-order valence-electron chi connectivity index (χ3n) is 2.87. The van der Waals surface area contributed by atoms with E-state index >= 15 is 0 Å². The molecule has 0 aliphatic carbocycles. The molecular weight excluding hydrogens is 172 g/mol. The van der Waals surface area contributed by atoms with Crippen LogP contribution < -0.4 is 5.32 Å². The Kier molecular flexibility index (Phi) is 4.60. The molecule has 1 atom stereocenters. The zero-order valence-corrected chi connectivity index (χ0v) is 9.33. The van der Waals surface area contributed by atoms with E-state index in [1.54, 1.807) is 0 Å².